The zero-order valence-electron chi connectivity index (χ0n) is 21.1. The van der Waals surface area contributed by atoms with E-state index in [0.29, 0.717) is 41.0 Å². The first kappa shape index (κ1) is 25.0. The molecule has 11 heteroatoms. The fourth-order valence-electron chi connectivity index (χ4n) is 5.29. The van der Waals surface area contributed by atoms with Crippen LogP contribution in [0.25, 0.3) is 11.1 Å². The van der Waals surface area contributed by atoms with Crippen LogP contribution in [0, 0.1) is 31.6 Å². The van der Waals surface area contributed by atoms with Gasteiger partial charge in [-0.3, -0.25) is 19.4 Å². The number of anilines is 1. The molecule has 1 atom stereocenters. The molecular formula is C26H31F2N7O2. The fourth-order valence-corrected chi connectivity index (χ4v) is 5.29. The molecule has 37 heavy (non-hydrogen) atoms. The number of nitrogens with one attached hydrogen (secondary N) is 3. The molecule has 2 aliphatic rings. The molecular weight excluding hydrogens is 480 g/mol. The van der Waals surface area contributed by atoms with Gasteiger partial charge in [-0.15, -0.1) is 0 Å². The maximum atomic E-state index is 14.0. The highest BCUT2D eigenvalue weighted by molar-refractivity contribution is 6.00. The highest BCUT2D eigenvalue weighted by Gasteiger charge is 2.48. The number of H-pyrrole nitrogens is 1. The number of aromatic nitrogens is 5. The third-order valence-electron chi connectivity index (χ3n) is 7.32. The van der Waals surface area contributed by atoms with Crippen LogP contribution in [0.5, 0.6) is 0 Å². The van der Waals surface area contributed by atoms with Crippen molar-refractivity contribution in [2.24, 2.45) is 17.8 Å². The van der Waals surface area contributed by atoms with Crippen molar-refractivity contribution in [3.8, 4) is 11.1 Å². The van der Waals surface area contributed by atoms with Gasteiger partial charge in [-0.05, 0) is 82.4 Å². The van der Waals surface area contributed by atoms with E-state index in [-0.39, 0.29) is 23.2 Å². The van der Waals surface area contributed by atoms with Crippen molar-refractivity contribution in [3.05, 3.63) is 47.2 Å². The number of aryl methyl sites for hydroxylation is 3. The Labute approximate surface area is 213 Å². The maximum absolute atomic E-state index is 14.0. The minimum atomic E-state index is -2.85. The number of halogens is 2. The molecule has 2 amide bonds. The number of alkyl halides is 2. The fraction of sp³-hybridized carbons (Fsp3) is 0.500. The lowest BCUT2D eigenvalue weighted by Crippen LogP contribution is -2.50. The summed E-state index contributed by atoms with van der Waals surface area (Å²) in [6.07, 6.45) is 2.75. The number of hydrogen-bond donors (Lipinski definition) is 3. The lowest BCUT2D eigenvalue weighted by molar-refractivity contribution is -0.119. The van der Waals surface area contributed by atoms with Crippen LogP contribution >= 0.6 is 0 Å². The van der Waals surface area contributed by atoms with Crippen LogP contribution in [0.3, 0.4) is 0 Å². The molecule has 0 aromatic carbocycles. The number of pyridine rings is 1. The van der Waals surface area contributed by atoms with Gasteiger partial charge in [0.05, 0.1) is 5.69 Å². The number of carbonyl (C=O) groups excluding carboxylic acids is 2. The van der Waals surface area contributed by atoms with Crippen LogP contribution in [-0.4, -0.2) is 42.8 Å². The smallest absolute Gasteiger partial charge is 0.281 e. The van der Waals surface area contributed by atoms with Crippen LogP contribution in [0.2, 0.25) is 0 Å². The first-order chi connectivity index (χ1) is 17.8. The Kier molecular flexibility index (Phi) is 6.78. The standard InChI is InChI=1S/C26H31F2N7O2/c1-4-35-18(11-12-29-35)25(36)32-23(21(15-5-6-15)16-7-8-16)26(37)31-19-10-9-17(22(30-19)24(27)28)20-13(2)33-34-14(20)3/h9-12,15-16,21,23-24H,4-8H2,1-3H3,(H,32,36)(H,33,34)(H,30,31,37)/t23-/m0/s1. The monoisotopic (exact) mass is 511 g/mol. The molecule has 0 radical (unpaired) electrons. The number of aromatic amines is 1. The quantitative estimate of drug-likeness (QED) is 0.373. The number of carbonyl (C=O) groups is 2. The van der Waals surface area contributed by atoms with E-state index in [2.05, 4.69) is 30.9 Å². The number of rotatable bonds is 10. The lowest BCUT2D eigenvalue weighted by atomic mass is 9.88. The highest BCUT2D eigenvalue weighted by atomic mass is 19.3. The Hall–Kier alpha value is -3.63. The summed E-state index contributed by atoms with van der Waals surface area (Å²) in [4.78, 5) is 30.9. The summed E-state index contributed by atoms with van der Waals surface area (Å²) in [5.74, 6) is -0.0977. The second-order valence-electron chi connectivity index (χ2n) is 9.96. The molecule has 3 N–H and O–H groups in total. The van der Waals surface area contributed by atoms with Crippen molar-refractivity contribution < 1.29 is 18.4 Å². The van der Waals surface area contributed by atoms with E-state index < -0.39 is 24.1 Å². The normalized spacial score (nSPS) is 16.3. The van der Waals surface area contributed by atoms with E-state index in [1.165, 1.54) is 12.1 Å². The third-order valence-corrected chi connectivity index (χ3v) is 7.32. The maximum Gasteiger partial charge on any atom is 0.281 e. The van der Waals surface area contributed by atoms with Gasteiger partial charge in [0.15, 0.2) is 0 Å². The predicted molar refractivity (Wildman–Crippen MR) is 133 cm³/mol. The minimum absolute atomic E-state index is 0.00739. The Morgan fingerprint density at radius 3 is 2.41 bits per heavy atom. The number of amides is 2. The van der Waals surface area contributed by atoms with Crippen LogP contribution in [-0.2, 0) is 11.3 Å². The topological polar surface area (TPSA) is 118 Å². The Balaban J connectivity index is 1.42. The molecule has 2 fully saturated rings. The predicted octanol–water partition coefficient (Wildman–Crippen LogP) is 4.42. The van der Waals surface area contributed by atoms with E-state index in [9.17, 15) is 18.4 Å². The van der Waals surface area contributed by atoms with Crippen molar-refractivity contribution in [3.63, 3.8) is 0 Å². The second-order valence-corrected chi connectivity index (χ2v) is 9.96. The summed E-state index contributed by atoms with van der Waals surface area (Å²) in [7, 11) is 0. The molecule has 5 rings (SSSR count). The Morgan fingerprint density at radius 1 is 1.14 bits per heavy atom. The molecule has 0 saturated heterocycles. The van der Waals surface area contributed by atoms with Gasteiger partial charge in [0.2, 0.25) is 5.91 Å². The van der Waals surface area contributed by atoms with Gasteiger partial charge in [-0.25, -0.2) is 13.8 Å². The van der Waals surface area contributed by atoms with Gasteiger partial charge < -0.3 is 10.6 Å². The van der Waals surface area contributed by atoms with Gasteiger partial charge in [0.25, 0.3) is 12.3 Å². The first-order valence-electron chi connectivity index (χ1n) is 12.7. The van der Waals surface area contributed by atoms with Crippen molar-refractivity contribution in [2.45, 2.75) is 65.5 Å². The summed E-state index contributed by atoms with van der Waals surface area (Å²) in [5.41, 5.74) is 2.02. The highest BCUT2D eigenvalue weighted by Crippen LogP contribution is 2.51. The van der Waals surface area contributed by atoms with Crippen LogP contribution in [0.1, 0.15) is 66.6 Å². The zero-order chi connectivity index (χ0) is 26.3. The molecule has 0 spiro atoms. The molecule has 2 saturated carbocycles. The second kappa shape index (κ2) is 10.0. The SMILES string of the molecule is CCn1nccc1C(=O)N[C@H](C(=O)Nc1ccc(-c2c(C)n[nH]c2C)c(C(F)F)n1)C(C1CC1)C1CC1. The lowest BCUT2D eigenvalue weighted by Gasteiger charge is -2.27. The van der Waals surface area contributed by atoms with Gasteiger partial charge in [0, 0.05) is 29.6 Å². The summed E-state index contributed by atoms with van der Waals surface area (Å²) in [6, 6.07) is 3.86. The van der Waals surface area contributed by atoms with Crippen LogP contribution in [0.4, 0.5) is 14.6 Å². The van der Waals surface area contributed by atoms with Gasteiger partial charge in [0.1, 0.15) is 23.2 Å². The largest absolute Gasteiger partial charge is 0.339 e. The van der Waals surface area contributed by atoms with Gasteiger partial charge in [-0.2, -0.15) is 10.2 Å². The van der Waals surface area contributed by atoms with Gasteiger partial charge >= 0.3 is 0 Å². The van der Waals surface area contributed by atoms with E-state index in [4.69, 9.17) is 0 Å². The van der Waals surface area contributed by atoms with E-state index >= 15 is 0 Å². The summed E-state index contributed by atoms with van der Waals surface area (Å²) < 4.78 is 29.7. The first-order valence-corrected chi connectivity index (χ1v) is 12.7. The zero-order valence-corrected chi connectivity index (χ0v) is 21.1. The number of hydrogen-bond acceptors (Lipinski definition) is 5. The summed E-state index contributed by atoms with van der Waals surface area (Å²) in [6.45, 7) is 5.89. The molecule has 9 nitrogen and oxygen atoms in total. The van der Waals surface area contributed by atoms with Gasteiger partial charge in [-0.1, -0.05) is 0 Å². The molecule has 0 aliphatic heterocycles. The average molecular weight is 512 g/mol. The van der Waals surface area contributed by atoms with Crippen LogP contribution in [0.15, 0.2) is 24.4 Å². The van der Waals surface area contributed by atoms with E-state index in [0.717, 1.165) is 25.7 Å². The summed E-state index contributed by atoms with van der Waals surface area (Å²) >= 11 is 0. The van der Waals surface area contributed by atoms with Crippen molar-refractivity contribution in [1.82, 2.24) is 30.3 Å². The molecule has 2 aliphatic carbocycles. The molecule has 3 heterocycles. The van der Waals surface area contributed by atoms with E-state index in [1.54, 1.807) is 30.8 Å². The minimum Gasteiger partial charge on any atom is -0.339 e. The number of nitrogens with zero attached hydrogens (tertiary/aromatic N) is 4. The Morgan fingerprint density at radius 2 is 1.84 bits per heavy atom. The third kappa shape index (κ3) is 5.12. The van der Waals surface area contributed by atoms with Crippen molar-refractivity contribution in [2.75, 3.05) is 5.32 Å². The molecule has 0 unspecified atom stereocenters. The van der Waals surface area contributed by atoms with Crippen molar-refractivity contribution in [1.29, 1.82) is 0 Å². The molecule has 3 aromatic rings. The van der Waals surface area contributed by atoms with E-state index in [1.807, 2.05) is 6.92 Å². The molecule has 196 valence electrons. The van der Waals surface area contributed by atoms with Crippen LogP contribution < -0.4 is 10.6 Å². The molecule has 3 aromatic heterocycles. The molecule has 0 bridgehead atoms. The Bertz CT molecular complexity index is 1280. The average Bonchev–Trinajstić information content (AvgIpc) is 3.81. The summed E-state index contributed by atoms with van der Waals surface area (Å²) in [5, 5.41) is 16.7. The van der Waals surface area contributed by atoms with Crippen molar-refractivity contribution >= 4 is 17.6 Å².